The van der Waals surface area contributed by atoms with Gasteiger partial charge in [-0.3, -0.25) is 9.20 Å². The highest BCUT2D eigenvalue weighted by molar-refractivity contribution is 8.00. The van der Waals surface area contributed by atoms with E-state index in [0.717, 1.165) is 38.4 Å². The number of aromatic nitrogens is 5. The fourth-order valence-electron chi connectivity index (χ4n) is 3.53. The number of nitrogens with one attached hydrogen (secondary N) is 2. The van der Waals surface area contributed by atoms with E-state index < -0.39 is 0 Å². The number of nitrogens with zero attached hydrogens (tertiary/aromatic N) is 3. The van der Waals surface area contributed by atoms with E-state index in [1.54, 1.807) is 0 Å². The molecule has 3 heterocycles. The van der Waals surface area contributed by atoms with E-state index in [-0.39, 0.29) is 11.0 Å². The van der Waals surface area contributed by atoms with Gasteiger partial charge in [-0.05, 0) is 32.0 Å². The third-order valence-corrected chi connectivity index (χ3v) is 5.85. The van der Waals surface area contributed by atoms with Gasteiger partial charge in [0, 0.05) is 22.2 Å². The van der Waals surface area contributed by atoms with Crippen LogP contribution in [0.15, 0.2) is 53.7 Å². The summed E-state index contributed by atoms with van der Waals surface area (Å²) in [5.41, 5.74) is 4.52. The Morgan fingerprint density at radius 3 is 2.81 bits per heavy atom. The molecule has 27 heavy (non-hydrogen) atoms. The average molecular weight is 375 g/mol. The number of hydrogen-bond acceptors (Lipinski definition) is 4. The zero-order valence-corrected chi connectivity index (χ0v) is 15.7. The first-order valence-electron chi connectivity index (χ1n) is 8.73. The van der Waals surface area contributed by atoms with Gasteiger partial charge in [0.05, 0.1) is 16.3 Å². The van der Waals surface area contributed by atoms with Gasteiger partial charge in [0.1, 0.15) is 0 Å². The highest BCUT2D eigenvalue weighted by Crippen LogP contribution is 2.30. The zero-order chi connectivity index (χ0) is 18.5. The standard InChI is InChI=1S/C20H17N5OS/c1-11-17(13-7-3-4-8-14(13)21-11)18(26)12(2)27-20-24-23-19-22-15-9-5-6-10-16(15)25(19)20/h3-10,12,21H,1-2H3,(H,22,23)/t12-/m1/s1. The molecule has 2 N–H and O–H groups in total. The van der Waals surface area contributed by atoms with Gasteiger partial charge in [0.25, 0.3) is 0 Å². The number of carbonyl (C=O) groups is 1. The summed E-state index contributed by atoms with van der Waals surface area (Å²) >= 11 is 1.44. The summed E-state index contributed by atoms with van der Waals surface area (Å²) in [5.74, 6) is 0.775. The molecule has 7 heteroatoms. The molecule has 3 aromatic heterocycles. The molecular weight excluding hydrogens is 358 g/mol. The third kappa shape index (κ3) is 2.46. The Morgan fingerprint density at radius 2 is 1.93 bits per heavy atom. The monoisotopic (exact) mass is 375 g/mol. The molecule has 134 valence electrons. The van der Waals surface area contributed by atoms with Gasteiger partial charge in [-0.25, -0.2) is 10.1 Å². The second-order valence-electron chi connectivity index (χ2n) is 6.56. The highest BCUT2D eigenvalue weighted by Gasteiger charge is 2.24. The lowest BCUT2D eigenvalue weighted by Gasteiger charge is -2.09. The number of fused-ring (bicyclic) bond motifs is 4. The van der Waals surface area contributed by atoms with Crippen LogP contribution in [0.25, 0.3) is 27.7 Å². The van der Waals surface area contributed by atoms with Crippen molar-refractivity contribution in [3.63, 3.8) is 0 Å². The molecule has 0 aliphatic heterocycles. The van der Waals surface area contributed by atoms with Gasteiger partial charge in [0.2, 0.25) is 5.78 Å². The lowest BCUT2D eigenvalue weighted by atomic mass is 10.1. The van der Waals surface area contributed by atoms with Gasteiger partial charge in [0.15, 0.2) is 10.9 Å². The molecule has 5 rings (SSSR count). The van der Waals surface area contributed by atoms with Gasteiger partial charge < -0.3 is 4.98 Å². The van der Waals surface area contributed by atoms with Gasteiger partial charge in [-0.15, -0.1) is 5.10 Å². The van der Waals surface area contributed by atoms with Crippen LogP contribution in [0.1, 0.15) is 23.0 Å². The second kappa shape index (κ2) is 5.99. The molecule has 0 unspecified atom stereocenters. The Bertz CT molecular complexity index is 1310. The minimum atomic E-state index is -0.282. The fourth-order valence-corrected chi connectivity index (χ4v) is 4.46. The normalized spacial score (nSPS) is 13.0. The summed E-state index contributed by atoms with van der Waals surface area (Å²) in [5, 5.41) is 8.75. The summed E-state index contributed by atoms with van der Waals surface area (Å²) in [6.07, 6.45) is 0. The lowest BCUT2D eigenvalue weighted by Crippen LogP contribution is -2.15. The Kier molecular flexibility index (Phi) is 3.58. The van der Waals surface area contributed by atoms with Crippen LogP contribution in [-0.2, 0) is 0 Å². The van der Waals surface area contributed by atoms with Crippen molar-refractivity contribution in [2.24, 2.45) is 0 Å². The zero-order valence-electron chi connectivity index (χ0n) is 14.9. The first kappa shape index (κ1) is 16.1. The number of imidazole rings is 1. The summed E-state index contributed by atoms with van der Waals surface area (Å²) in [4.78, 5) is 21.0. The van der Waals surface area contributed by atoms with Crippen molar-refractivity contribution in [3.05, 3.63) is 59.8 Å². The third-order valence-electron chi connectivity index (χ3n) is 4.80. The summed E-state index contributed by atoms with van der Waals surface area (Å²) in [6.45, 7) is 3.87. The number of H-pyrrole nitrogens is 2. The smallest absolute Gasteiger partial charge is 0.231 e. The van der Waals surface area contributed by atoms with Crippen molar-refractivity contribution < 1.29 is 4.79 Å². The predicted octanol–water partition coefficient (Wildman–Crippen LogP) is 4.36. The molecule has 0 radical (unpaired) electrons. The van der Waals surface area contributed by atoms with Crippen molar-refractivity contribution in [2.45, 2.75) is 24.3 Å². The van der Waals surface area contributed by atoms with Crippen LogP contribution in [0, 0.1) is 6.92 Å². The number of aryl methyl sites for hydroxylation is 1. The maximum absolute atomic E-state index is 13.2. The molecule has 0 aliphatic rings. The van der Waals surface area contributed by atoms with Crippen molar-refractivity contribution in [3.8, 4) is 0 Å². The summed E-state index contributed by atoms with van der Waals surface area (Å²) < 4.78 is 1.96. The topological polar surface area (TPSA) is 78.8 Å². The molecule has 0 aliphatic carbocycles. The number of Topliss-reactive ketones (excluding diaryl/α,β-unsaturated/α-hetero) is 1. The Balaban J connectivity index is 1.53. The molecule has 0 fully saturated rings. The molecule has 5 aromatic rings. The van der Waals surface area contributed by atoms with E-state index in [4.69, 9.17) is 0 Å². The molecule has 0 amide bonds. The maximum atomic E-state index is 13.2. The van der Waals surface area contributed by atoms with Gasteiger partial charge >= 0.3 is 0 Å². The first-order valence-corrected chi connectivity index (χ1v) is 9.61. The number of rotatable bonds is 4. The van der Waals surface area contributed by atoms with Crippen LogP contribution >= 0.6 is 11.8 Å². The van der Waals surface area contributed by atoms with E-state index in [1.807, 2.05) is 66.8 Å². The second-order valence-corrected chi connectivity index (χ2v) is 7.87. The number of para-hydroxylation sites is 3. The first-order chi connectivity index (χ1) is 13.1. The van der Waals surface area contributed by atoms with E-state index >= 15 is 0 Å². The minimum absolute atomic E-state index is 0.0931. The largest absolute Gasteiger partial charge is 0.358 e. The Hall–Kier alpha value is -3.06. The number of carbonyl (C=O) groups excluding carboxylic acids is 1. The number of ketones is 1. The van der Waals surface area contributed by atoms with Crippen LogP contribution in [0.3, 0.4) is 0 Å². The lowest BCUT2D eigenvalue weighted by molar-refractivity contribution is 0.0995. The molecule has 0 bridgehead atoms. The minimum Gasteiger partial charge on any atom is -0.358 e. The fraction of sp³-hybridized carbons (Fsp3) is 0.150. The number of benzene rings is 2. The van der Waals surface area contributed by atoms with E-state index in [2.05, 4.69) is 20.2 Å². The quantitative estimate of drug-likeness (QED) is 0.361. The molecule has 1 atom stereocenters. The SMILES string of the molecule is Cc1[nH]c2ccccc2c1C(=O)[C@@H](C)Sc1n[nH]c2nc3ccccc3n12. The maximum Gasteiger partial charge on any atom is 0.231 e. The predicted molar refractivity (Wildman–Crippen MR) is 108 cm³/mol. The van der Waals surface area contributed by atoms with Crippen molar-refractivity contribution >= 4 is 45.3 Å². The average Bonchev–Trinajstić information content (AvgIpc) is 3.32. The van der Waals surface area contributed by atoms with Crippen molar-refractivity contribution in [2.75, 3.05) is 0 Å². The van der Waals surface area contributed by atoms with E-state index in [1.165, 1.54) is 11.8 Å². The van der Waals surface area contributed by atoms with Gasteiger partial charge in [-0.1, -0.05) is 42.1 Å². The Labute approximate surface area is 159 Å². The molecule has 2 aromatic carbocycles. The van der Waals surface area contributed by atoms with Crippen LogP contribution < -0.4 is 0 Å². The van der Waals surface area contributed by atoms with E-state index in [9.17, 15) is 4.79 Å². The molecule has 0 saturated heterocycles. The summed E-state index contributed by atoms with van der Waals surface area (Å²) in [6, 6.07) is 15.8. The van der Waals surface area contributed by atoms with E-state index in [0.29, 0.717) is 5.78 Å². The molecule has 6 nitrogen and oxygen atoms in total. The summed E-state index contributed by atoms with van der Waals surface area (Å²) in [7, 11) is 0. The molecular formula is C20H17N5OS. The van der Waals surface area contributed by atoms with Crippen molar-refractivity contribution in [1.82, 2.24) is 24.6 Å². The van der Waals surface area contributed by atoms with Crippen molar-refractivity contribution in [1.29, 1.82) is 0 Å². The molecule has 0 spiro atoms. The highest BCUT2D eigenvalue weighted by atomic mass is 32.2. The Morgan fingerprint density at radius 1 is 1.15 bits per heavy atom. The van der Waals surface area contributed by atoms with Crippen LogP contribution in [0.2, 0.25) is 0 Å². The number of hydrogen-bond donors (Lipinski definition) is 2. The molecule has 0 saturated carbocycles. The number of thioether (sulfide) groups is 1. The van der Waals surface area contributed by atoms with Gasteiger partial charge in [-0.2, -0.15) is 0 Å². The van der Waals surface area contributed by atoms with Crippen LogP contribution in [0.4, 0.5) is 0 Å². The van der Waals surface area contributed by atoms with Crippen LogP contribution in [-0.4, -0.2) is 35.6 Å². The number of aromatic amines is 2. The van der Waals surface area contributed by atoms with Crippen LogP contribution in [0.5, 0.6) is 0 Å².